The Bertz CT molecular complexity index is 234. The van der Waals surface area contributed by atoms with E-state index in [2.05, 4.69) is 10.3 Å². The summed E-state index contributed by atoms with van der Waals surface area (Å²) in [5.41, 5.74) is 1.21. The first kappa shape index (κ1) is 11.2. The molecular formula is C10H19N3O. The summed E-state index contributed by atoms with van der Waals surface area (Å²) in [7, 11) is 3.91. The summed E-state index contributed by atoms with van der Waals surface area (Å²) in [5.74, 6) is 0. The molecule has 4 heteroatoms. The standard InChI is InChI=1S/C10H19N3O/c1-13(2)8-10(14)7-12-6-9-3-4-11-5-9/h3-5,10-12,14H,6-8H2,1-2H3. The smallest absolute Gasteiger partial charge is 0.0791 e. The summed E-state index contributed by atoms with van der Waals surface area (Å²) in [4.78, 5) is 4.96. The Hall–Kier alpha value is -0.840. The zero-order valence-corrected chi connectivity index (χ0v) is 8.83. The molecule has 0 saturated heterocycles. The summed E-state index contributed by atoms with van der Waals surface area (Å²) in [6.45, 7) is 2.12. The summed E-state index contributed by atoms with van der Waals surface area (Å²) in [6, 6.07) is 2.02. The fourth-order valence-electron chi connectivity index (χ4n) is 1.34. The van der Waals surface area contributed by atoms with Gasteiger partial charge in [0.2, 0.25) is 0 Å². The molecule has 0 aliphatic rings. The van der Waals surface area contributed by atoms with Gasteiger partial charge in [0.25, 0.3) is 0 Å². The maximum Gasteiger partial charge on any atom is 0.0791 e. The molecule has 4 nitrogen and oxygen atoms in total. The van der Waals surface area contributed by atoms with E-state index >= 15 is 0 Å². The maximum atomic E-state index is 9.54. The third-order valence-electron chi connectivity index (χ3n) is 1.95. The van der Waals surface area contributed by atoms with Crippen molar-refractivity contribution in [2.24, 2.45) is 0 Å². The van der Waals surface area contributed by atoms with Crippen molar-refractivity contribution < 1.29 is 5.11 Å². The van der Waals surface area contributed by atoms with Crippen molar-refractivity contribution >= 4 is 0 Å². The van der Waals surface area contributed by atoms with Crippen LogP contribution in [0.1, 0.15) is 5.56 Å². The van der Waals surface area contributed by atoms with Gasteiger partial charge < -0.3 is 20.3 Å². The lowest BCUT2D eigenvalue weighted by Crippen LogP contribution is -2.34. The number of nitrogens with zero attached hydrogens (tertiary/aromatic N) is 1. The molecule has 0 fully saturated rings. The molecule has 0 radical (unpaired) electrons. The second-order valence-electron chi connectivity index (χ2n) is 3.77. The van der Waals surface area contributed by atoms with Crippen molar-refractivity contribution in [3.63, 3.8) is 0 Å². The number of H-pyrrole nitrogens is 1. The molecule has 0 amide bonds. The summed E-state index contributed by atoms with van der Waals surface area (Å²) in [5, 5.41) is 12.7. The Kier molecular flexibility index (Phi) is 4.65. The molecule has 14 heavy (non-hydrogen) atoms. The predicted octanol–water partition coefficient (Wildman–Crippen LogP) is 0.0268. The van der Waals surface area contributed by atoms with Crippen molar-refractivity contribution in [2.75, 3.05) is 27.2 Å². The molecule has 1 rings (SSSR count). The fraction of sp³-hybridized carbons (Fsp3) is 0.600. The van der Waals surface area contributed by atoms with E-state index < -0.39 is 0 Å². The van der Waals surface area contributed by atoms with E-state index in [1.165, 1.54) is 5.56 Å². The van der Waals surface area contributed by atoms with Gasteiger partial charge in [0.1, 0.15) is 0 Å². The number of rotatable bonds is 6. The van der Waals surface area contributed by atoms with Crippen LogP contribution in [0, 0.1) is 0 Å². The normalized spacial score (nSPS) is 13.4. The molecule has 0 bridgehead atoms. The number of aliphatic hydroxyl groups is 1. The van der Waals surface area contributed by atoms with Gasteiger partial charge in [-0.25, -0.2) is 0 Å². The fourth-order valence-corrected chi connectivity index (χ4v) is 1.34. The number of aliphatic hydroxyl groups excluding tert-OH is 1. The quantitative estimate of drug-likeness (QED) is 0.603. The Morgan fingerprint density at radius 2 is 2.36 bits per heavy atom. The highest BCUT2D eigenvalue weighted by molar-refractivity contribution is 5.07. The van der Waals surface area contributed by atoms with Gasteiger partial charge in [-0.2, -0.15) is 0 Å². The largest absolute Gasteiger partial charge is 0.390 e. The van der Waals surface area contributed by atoms with Crippen LogP contribution in [0.4, 0.5) is 0 Å². The average Bonchev–Trinajstić information content (AvgIpc) is 2.55. The molecule has 0 spiro atoms. The molecule has 0 aliphatic carbocycles. The molecule has 0 aromatic carbocycles. The molecule has 1 heterocycles. The number of nitrogens with one attached hydrogen (secondary N) is 2. The Morgan fingerprint density at radius 3 is 2.93 bits per heavy atom. The van der Waals surface area contributed by atoms with Crippen LogP contribution in [0.25, 0.3) is 0 Å². The SMILES string of the molecule is CN(C)CC(O)CNCc1cc[nH]c1. The van der Waals surface area contributed by atoms with Gasteiger partial charge in [-0.1, -0.05) is 0 Å². The van der Waals surface area contributed by atoms with E-state index in [-0.39, 0.29) is 6.10 Å². The number of hydrogen-bond donors (Lipinski definition) is 3. The van der Waals surface area contributed by atoms with E-state index in [4.69, 9.17) is 0 Å². The molecule has 80 valence electrons. The molecule has 1 unspecified atom stereocenters. The van der Waals surface area contributed by atoms with Gasteiger partial charge in [0.05, 0.1) is 6.10 Å². The maximum absolute atomic E-state index is 9.54. The highest BCUT2D eigenvalue weighted by Crippen LogP contribution is 1.95. The van der Waals surface area contributed by atoms with Crippen LogP contribution in [-0.2, 0) is 6.54 Å². The van der Waals surface area contributed by atoms with Crippen molar-refractivity contribution in [3.05, 3.63) is 24.0 Å². The van der Waals surface area contributed by atoms with Gasteiger partial charge in [-0.05, 0) is 25.7 Å². The van der Waals surface area contributed by atoms with Gasteiger partial charge in [-0.15, -0.1) is 0 Å². The third-order valence-corrected chi connectivity index (χ3v) is 1.95. The van der Waals surface area contributed by atoms with Crippen molar-refractivity contribution in [1.82, 2.24) is 15.2 Å². The second-order valence-corrected chi connectivity index (χ2v) is 3.77. The highest BCUT2D eigenvalue weighted by atomic mass is 16.3. The number of aromatic amines is 1. The minimum Gasteiger partial charge on any atom is -0.390 e. The Balaban J connectivity index is 2.09. The zero-order chi connectivity index (χ0) is 10.4. The predicted molar refractivity (Wildman–Crippen MR) is 57.1 cm³/mol. The summed E-state index contributed by atoms with van der Waals surface area (Å²) < 4.78 is 0. The molecule has 1 aromatic heterocycles. The van der Waals surface area contributed by atoms with Crippen LogP contribution in [-0.4, -0.2) is 48.3 Å². The minimum atomic E-state index is -0.302. The molecule has 1 aromatic rings. The van der Waals surface area contributed by atoms with E-state index in [0.29, 0.717) is 13.1 Å². The topological polar surface area (TPSA) is 51.3 Å². The van der Waals surface area contributed by atoms with E-state index in [1.807, 2.05) is 37.5 Å². The lowest BCUT2D eigenvalue weighted by molar-refractivity contribution is 0.134. The van der Waals surface area contributed by atoms with Crippen molar-refractivity contribution in [2.45, 2.75) is 12.6 Å². The molecule has 3 N–H and O–H groups in total. The van der Waals surface area contributed by atoms with Crippen LogP contribution in [0.2, 0.25) is 0 Å². The van der Waals surface area contributed by atoms with Gasteiger partial charge in [0, 0.05) is 32.0 Å². The number of hydrogen-bond acceptors (Lipinski definition) is 3. The Labute approximate surface area is 84.9 Å². The van der Waals surface area contributed by atoms with Gasteiger partial charge >= 0.3 is 0 Å². The van der Waals surface area contributed by atoms with Crippen LogP contribution in [0.15, 0.2) is 18.5 Å². The zero-order valence-electron chi connectivity index (χ0n) is 8.83. The van der Waals surface area contributed by atoms with Crippen LogP contribution < -0.4 is 5.32 Å². The Morgan fingerprint density at radius 1 is 1.57 bits per heavy atom. The first-order valence-electron chi connectivity index (χ1n) is 4.83. The van der Waals surface area contributed by atoms with Crippen LogP contribution in [0.5, 0.6) is 0 Å². The lowest BCUT2D eigenvalue weighted by Gasteiger charge is -2.16. The summed E-state index contributed by atoms with van der Waals surface area (Å²) in [6.07, 6.45) is 3.54. The van der Waals surface area contributed by atoms with Crippen molar-refractivity contribution in [1.29, 1.82) is 0 Å². The first-order chi connectivity index (χ1) is 6.68. The first-order valence-corrected chi connectivity index (χ1v) is 4.83. The number of aromatic nitrogens is 1. The highest BCUT2D eigenvalue weighted by Gasteiger charge is 2.04. The lowest BCUT2D eigenvalue weighted by atomic mass is 10.3. The van der Waals surface area contributed by atoms with Crippen LogP contribution in [0.3, 0.4) is 0 Å². The van der Waals surface area contributed by atoms with E-state index in [1.54, 1.807) is 0 Å². The number of likely N-dealkylation sites (N-methyl/N-ethyl adjacent to an activating group) is 1. The molecule has 1 atom stereocenters. The third kappa shape index (κ3) is 4.41. The average molecular weight is 197 g/mol. The summed E-state index contributed by atoms with van der Waals surface area (Å²) >= 11 is 0. The van der Waals surface area contributed by atoms with E-state index in [9.17, 15) is 5.11 Å². The second kappa shape index (κ2) is 5.80. The minimum absolute atomic E-state index is 0.302. The van der Waals surface area contributed by atoms with Gasteiger partial charge in [0.15, 0.2) is 0 Å². The van der Waals surface area contributed by atoms with E-state index in [0.717, 1.165) is 6.54 Å². The monoisotopic (exact) mass is 197 g/mol. The molecular weight excluding hydrogens is 178 g/mol. The molecule has 0 saturated carbocycles. The van der Waals surface area contributed by atoms with Crippen LogP contribution >= 0.6 is 0 Å². The van der Waals surface area contributed by atoms with Gasteiger partial charge in [-0.3, -0.25) is 0 Å². The van der Waals surface area contributed by atoms with Crippen molar-refractivity contribution in [3.8, 4) is 0 Å². The molecule has 0 aliphatic heterocycles.